The molecule has 0 aliphatic rings. The van der Waals surface area contributed by atoms with Crippen LogP contribution in [0.4, 0.5) is 8.78 Å². The standard InChI is InChI=1S/C8H7BrF2INO/c1-14-6-2-4(8(10)11)13-5(3-9)7(6)12/h2,8H,3H2,1H3. The van der Waals surface area contributed by atoms with Gasteiger partial charge in [-0.2, -0.15) is 0 Å². The van der Waals surface area contributed by atoms with Crippen molar-refractivity contribution in [2.45, 2.75) is 11.8 Å². The smallest absolute Gasteiger partial charge is 0.280 e. The third-order valence-corrected chi connectivity index (χ3v) is 3.27. The minimum Gasteiger partial charge on any atom is -0.496 e. The lowest BCUT2D eigenvalue weighted by Gasteiger charge is -2.09. The molecule has 1 rings (SSSR count). The molecule has 0 saturated heterocycles. The average Bonchev–Trinajstić information content (AvgIpc) is 2.17. The van der Waals surface area contributed by atoms with Gasteiger partial charge in [-0.1, -0.05) is 15.9 Å². The van der Waals surface area contributed by atoms with Crippen molar-refractivity contribution in [1.29, 1.82) is 0 Å². The summed E-state index contributed by atoms with van der Waals surface area (Å²) in [6.45, 7) is 0. The summed E-state index contributed by atoms with van der Waals surface area (Å²) in [6.07, 6.45) is -2.57. The number of alkyl halides is 3. The molecular weight excluding hydrogens is 371 g/mol. The predicted molar refractivity (Wildman–Crippen MR) is 61.1 cm³/mol. The minimum absolute atomic E-state index is 0.253. The molecule has 1 aromatic rings. The van der Waals surface area contributed by atoms with Crippen LogP contribution in [0, 0.1) is 3.57 Å². The van der Waals surface area contributed by atoms with E-state index in [0.717, 1.165) is 3.57 Å². The van der Waals surface area contributed by atoms with Gasteiger partial charge in [0.2, 0.25) is 0 Å². The van der Waals surface area contributed by atoms with Gasteiger partial charge in [-0.15, -0.1) is 0 Å². The number of halogens is 4. The maximum absolute atomic E-state index is 12.4. The van der Waals surface area contributed by atoms with Crippen molar-refractivity contribution >= 4 is 38.5 Å². The number of methoxy groups -OCH3 is 1. The van der Waals surface area contributed by atoms with E-state index in [1.54, 1.807) is 0 Å². The molecule has 2 nitrogen and oxygen atoms in total. The molecule has 0 aliphatic carbocycles. The van der Waals surface area contributed by atoms with E-state index >= 15 is 0 Å². The van der Waals surface area contributed by atoms with E-state index in [4.69, 9.17) is 4.74 Å². The van der Waals surface area contributed by atoms with Gasteiger partial charge in [0.25, 0.3) is 6.43 Å². The number of nitrogens with zero attached hydrogens (tertiary/aromatic N) is 1. The SMILES string of the molecule is COc1cc(C(F)F)nc(CBr)c1I. The van der Waals surface area contributed by atoms with Crippen molar-refractivity contribution < 1.29 is 13.5 Å². The third kappa shape index (κ3) is 2.53. The molecule has 0 aliphatic heterocycles. The van der Waals surface area contributed by atoms with E-state index in [1.807, 2.05) is 22.6 Å². The van der Waals surface area contributed by atoms with Crippen LogP contribution in [-0.2, 0) is 5.33 Å². The van der Waals surface area contributed by atoms with Crippen LogP contribution in [0.25, 0.3) is 0 Å². The van der Waals surface area contributed by atoms with Gasteiger partial charge in [0.05, 0.1) is 16.4 Å². The molecule has 0 unspecified atom stereocenters. The van der Waals surface area contributed by atoms with Gasteiger partial charge in [-0.25, -0.2) is 13.8 Å². The lowest BCUT2D eigenvalue weighted by atomic mass is 10.3. The van der Waals surface area contributed by atoms with Crippen molar-refractivity contribution in [3.8, 4) is 5.75 Å². The van der Waals surface area contributed by atoms with Crippen molar-refractivity contribution in [2.75, 3.05) is 7.11 Å². The monoisotopic (exact) mass is 377 g/mol. The molecule has 0 N–H and O–H groups in total. The van der Waals surface area contributed by atoms with E-state index < -0.39 is 6.43 Å². The second-order valence-corrected chi connectivity index (χ2v) is 4.08. The summed E-state index contributed by atoms with van der Waals surface area (Å²) < 4.78 is 30.5. The predicted octanol–water partition coefficient (Wildman–Crippen LogP) is 3.53. The van der Waals surface area contributed by atoms with Crippen LogP contribution in [0.1, 0.15) is 17.8 Å². The molecule has 0 spiro atoms. The number of ether oxygens (including phenoxy) is 1. The molecule has 0 amide bonds. The molecule has 0 radical (unpaired) electrons. The van der Waals surface area contributed by atoms with E-state index in [9.17, 15) is 8.78 Å². The molecule has 14 heavy (non-hydrogen) atoms. The first kappa shape index (κ1) is 12.1. The number of pyridine rings is 1. The van der Waals surface area contributed by atoms with Crippen LogP contribution < -0.4 is 4.74 Å². The van der Waals surface area contributed by atoms with Gasteiger partial charge in [0.1, 0.15) is 11.4 Å². The van der Waals surface area contributed by atoms with Crippen LogP contribution in [-0.4, -0.2) is 12.1 Å². The fourth-order valence-corrected chi connectivity index (χ4v) is 2.54. The normalized spacial score (nSPS) is 10.7. The molecule has 0 fully saturated rings. The summed E-state index contributed by atoms with van der Waals surface area (Å²) in [6, 6.07) is 1.26. The lowest BCUT2D eigenvalue weighted by Crippen LogP contribution is -2.00. The molecule has 0 atom stereocenters. The fraction of sp³-hybridized carbons (Fsp3) is 0.375. The van der Waals surface area contributed by atoms with Gasteiger partial charge < -0.3 is 4.74 Å². The van der Waals surface area contributed by atoms with E-state index in [1.165, 1.54) is 13.2 Å². The molecule has 78 valence electrons. The Morgan fingerprint density at radius 1 is 1.64 bits per heavy atom. The lowest BCUT2D eigenvalue weighted by molar-refractivity contribution is 0.145. The average molecular weight is 378 g/mol. The Morgan fingerprint density at radius 2 is 2.29 bits per heavy atom. The Morgan fingerprint density at radius 3 is 2.71 bits per heavy atom. The Balaban J connectivity index is 3.25. The zero-order valence-electron chi connectivity index (χ0n) is 7.23. The molecular formula is C8H7BrF2INO. The molecule has 6 heteroatoms. The summed E-state index contributed by atoms with van der Waals surface area (Å²) in [5.74, 6) is 0.436. The number of aromatic nitrogens is 1. The van der Waals surface area contributed by atoms with Crippen LogP contribution in [0.2, 0.25) is 0 Å². The highest BCUT2D eigenvalue weighted by Crippen LogP contribution is 2.29. The highest BCUT2D eigenvalue weighted by atomic mass is 127. The highest BCUT2D eigenvalue weighted by molar-refractivity contribution is 14.1. The van der Waals surface area contributed by atoms with Gasteiger partial charge in [-0.3, -0.25) is 0 Å². The Kier molecular flexibility index (Phi) is 4.49. The van der Waals surface area contributed by atoms with Gasteiger partial charge in [-0.05, 0) is 22.6 Å². The highest BCUT2D eigenvalue weighted by Gasteiger charge is 2.15. The third-order valence-electron chi connectivity index (χ3n) is 1.58. The molecule has 0 bridgehead atoms. The molecule has 0 saturated carbocycles. The largest absolute Gasteiger partial charge is 0.496 e. The topological polar surface area (TPSA) is 22.1 Å². The zero-order chi connectivity index (χ0) is 10.7. The van der Waals surface area contributed by atoms with Crippen LogP contribution >= 0.6 is 38.5 Å². The zero-order valence-corrected chi connectivity index (χ0v) is 11.0. The Labute approximate surface area is 102 Å². The number of rotatable bonds is 3. The number of hydrogen-bond donors (Lipinski definition) is 0. The van der Waals surface area contributed by atoms with Crippen LogP contribution in [0.3, 0.4) is 0 Å². The van der Waals surface area contributed by atoms with Crippen LogP contribution in [0.5, 0.6) is 5.75 Å². The Bertz CT molecular complexity index is 310. The molecule has 1 aromatic heterocycles. The first-order valence-electron chi connectivity index (χ1n) is 3.67. The fourth-order valence-electron chi connectivity index (χ4n) is 0.926. The van der Waals surface area contributed by atoms with Crippen molar-refractivity contribution in [2.24, 2.45) is 0 Å². The second-order valence-electron chi connectivity index (χ2n) is 2.44. The molecule has 0 aromatic carbocycles. The van der Waals surface area contributed by atoms with Gasteiger partial charge in [0, 0.05) is 11.4 Å². The first-order valence-corrected chi connectivity index (χ1v) is 5.87. The van der Waals surface area contributed by atoms with E-state index in [-0.39, 0.29) is 5.69 Å². The summed E-state index contributed by atoms with van der Waals surface area (Å²) in [5, 5.41) is 0.433. The minimum atomic E-state index is -2.57. The maximum Gasteiger partial charge on any atom is 0.280 e. The van der Waals surface area contributed by atoms with E-state index in [2.05, 4.69) is 20.9 Å². The quantitative estimate of drug-likeness (QED) is 0.594. The maximum atomic E-state index is 12.4. The summed E-state index contributed by atoms with van der Waals surface area (Å²) in [7, 11) is 1.45. The van der Waals surface area contributed by atoms with Crippen molar-refractivity contribution in [3.63, 3.8) is 0 Å². The summed E-state index contributed by atoms with van der Waals surface area (Å²) in [5.41, 5.74) is 0.317. The van der Waals surface area contributed by atoms with Crippen molar-refractivity contribution in [3.05, 3.63) is 21.0 Å². The van der Waals surface area contributed by atoms with Crippen LogP contribution in [0.15, 0.2) is 6.07 Å². The van der Waals surface area contributed by atoms with Gasteiger partial charge >= 0.3 is 0 Å². The van der Waals surface area contributed by atoms with E-state index in [0.29, 0.717) is 16.8 Å². The van der Waals surface area contributed by atoms with Gasteiger partial charge in [0.15, 0.2) is 0 Å². The first-order chi connectivity index (χ1) is 6.60. The number of hydrogen-bond acceptors (Lipinski definition) is 2. The summed E-state index contributed by atoms with van der Waals surface area (Å²) in [4.78, 5) is 3.81. The second kappa shape index (κ2) is 5.20. The Hall–Kier alpha value is 0.0200. The van der Waals surface area contributed by atoms with Crippen molar-refractivity contribution in [1.82, 2.24) is 4.98 Å². The summed E-state index contributed by atoms with van der Waals surface area (Å²) >= 11 is 5.21. The molecule has 1 heterocycles.